The molecule has 4 rings (SSSR count). The highest BCUT2D eigenvalue weighted by molar-refractivity contribution is 8.03. The van der Waals surface area contributed by atoms with Crippen molar-refractivity contribution in [2.45, 2.75) is 56.7 Å². The van der Waals surface area contributed by atoms with Gasteiger partial charge in [0.2, 0.25) is 5.91 Å². The number of β-lactam (4-membered cyclic amide) rings is 1. The van der Waals surface area contributed by atoms with Gasteiger partial charge in [-0.1, -0.05) is 6.92 Å². The van der Waals surface area contributed by atoms with Crippen molar-refractivity contribution in [1.82, 2.24) is 20.4 Å². The number of nitrogens with one attached hydrogen (secondary N) is 2. The van der Waals surface area contributed by atoms with Gasteiger partial charge in [-0.2, -0.15) is 0 Å². The second-order valence-corrected chi connectivity index (χ2v) is 10.3. The van der Waals surface area contributed by atoms with E-state index >= 15 is 0 Å². The molecule has 3 saturated heterocycles. The predicted octanol–water partition coefficient (Wildman–Crippen LogP) is -0.102. The lowest BCUT2D eigenvalue weighted by Gasteiger charge is -2.46. The van der Waals surface area contributed by atoms with Crippen LogP contribution in [0.4, 0.5) is 0 Å². The Labute approximate surface area is 176 Å². The molecule has 8 nitrogen and oxygen atoms in total. The second-order valence-electron chi connectivity index (χ2n) is 8.97. The minimum absolute atomic E-state index is 0.0588. The zero-order chi connectivity index (χ0) is 20.9. The van der Waals surface area contributed by atoms with Gasteiger partial charge in [0.1, 0.15) is 5.70 Å². The normalized spacial score (nSPS) is 38.9. The highest BCUT2D eigenvalue weighted by Crippen LogP contribution is 2.51. The average Bonchev–Trinajstić information content (AvgIpc) is 3.16. The summed E-state index contributed by atoms with van der Waals surface area (Å²) < 4.78 is 0. The molecule has 4 heterocycles. The fraction of sp³-hybridized carbons (Fsp3) is 0.800. The molecular formula is C20H32N4O4S. The molecule has 0 aliphatic carbocycles. The summed E-state index contributed by atoms with van der Waals surface area (Å²) in [5.41, 5.74) is 0.133. The molecule has 9 heteroatoms. The zero-order valence-electron chi connectivity index (χ0n) is 17.3. The van der Waals surface area contributed by atoms with Crippen LogP contribution in [0.2, 0.25) is 0 Å². The summed E-state index contributed by atoms with van der Waals surface area (Å²) in [6, 6.07) is 0.692. The van der Waals surface area contributed by atoms with Crippen molar-refractivity contribution < 1.29 is 19.8 Å². The van der Waals surface area contributed by atoms with Gasteiger partial charge in [0.25, 0.3) is 0 Å². The highest BCUT2D eigenvalue weighted by Gasteiger charge is 2.60. The number of hydrogen-bond acceptors (Lipinski definition) is 7. The smallest absolute Gasteiger partial charge is 0.353 e. The number of fused-ring (bicyclic) bond motifs is 1. The fourth-order valence-electron chi connectivity index (χ4n) is 5.36. The number of carbonyl (C=O) groups is 2. The van der Waals surface area contributed by atoms with Crippen LogP contribution in [0, 0.1) is 11.8 Å². The number of amides is 1. The molecule has 29 heavy (non-hydrogen) atoms. The molecule has 0 bridgehead atoms. The lowest BCUT2D eigenvalue weighted by molar-refractivity contribution is -0.163. The third-order valence-electron chi connectivity index (χ3n) is 6.72. The molecule has 3 fully saturated rings. The van der Waals surface area contributed by atoms with Gasteiger partial charge in [0.05, 0.1) is 18.1 Å². The third-order valence-corrected chi connectivity index (χ3v) is 8.23. The molecule has 0 aromatic carbocycles. The number of aliphatic hydroxyl groups excluding tert-OH is 1. The van der Waals surface area contributed by atoms with Gasteiger partial charge in [0, 0.05) is 60.9 Å². The first kappa shape index (κ1) is 21.1. The van der Waals surface area contributed by atoms with E-state index in [1.54, 1.807) is 18.7 Å². The van der Waals surface area contributed by atoms with Crippen molar-refractivity contribution in [3.63, 3.8) is 0 Å². The first-order chi connectivity index (χ1) is 13.8. The average molecular weight is 425 g/mol. The first-order valence-corrected chi connectivity index (χ1v) is 11.5. The standard InChI is InChI=1S/C20H32N4O4S/c1-10-8-23(5-4-21-10)9-13-6-14(7-22-13)29-18-11(2)16-15(12(3)25)19(26)24(16)17(18)20(27)28/h10-16,21-22,25H,4-9H2,1-3H3,(H,27,28)/t10?,11-,12-,13+,14+,15-,16-/m1/s1. The van der Waals surface area contributed by atoms with Crippen molar-refractivity contribution in [3.8, 4) is 0 Å². The molecule has 0 radical (unpaired) electrons. The summed E-state index contributed by atoms with van der Waals surface area (Å²) in [5.74, 6) is -1.87. The van der Waals surface area contributed by atoms with E-state index in [1.807, 2.05) is 6.92 Å². The summed E-state index contributed by atoms with van der Waals surface area (Å²) in [4.78, 5) is 29.1. The van der Waals surface area contributed by atoms with E-state index in [2.05, 4.69) is 22.5 Å². The molecular weight excluding hydrogens is 392 g/mol. The lowest BCUT2D eigenvalue weighted by atomic mass is 9.79. The topological polar surface area (TPSA) is 105 Å². The Kier molecular flexibility index (Phi) is 5.96. The van der Waals surface area contributed by atoms with E-state index < -0.39 is 18.0 Å². The highest BCUT2D eigenvalue weighted by atomic mass is 32.2. The first-order valence-electron chi connectivity index (χ1n) is 10.6. The number of aliphatic carboxylic acids is 1. The Bertz CT molecular complexity index is 715. The van der Waals surface area contributed by atoms with Gasteiger partial charge in [0.15, 0.2) is 0 Å². The van der Waals surface area contributed by atoms with Crippen molar-refractivity contribution in [2.75, 3.05) is 32.7 Å². The Balaban J connectivity index is 1.41. The Morgan fingerprint density at radius 3 is 2.76 bits per heavy atom. The van der Waals surface area contributed by atoms with E-state index in [4.69, 9.17) is 0 Å². The number of hydrogen-bond donors (Lipinski definition) is 4. The molecule has 162 valence electrons. The van der Waals surface area contributed by atoms with E-state index in [1.165, 1.54) is 4.90 Å². The minimum atomic E-state index is -1.04. The van der Waals surface area contributed by atoms with Crippen LogP contribution in [0.25, 0.3) is 0 Å². The summed E-state index contributed by atoms with van der Waals surface area (Å²) in [6.07, 6.45) is 0.231. The van der Waals surface area contributed by atoms with Crippen LogP contribution in [0.5, 0.6) is 0 Å². The van der Waals surface area contributed by atoms with Gasteiger partial charge < -0.3 is 25.7 Å². The van der Waals surface area contributed by atoms with E-state index in [0.29, 0.717) is 17.3 Å². The van der Waals surface area contributed by atoms with Crippen LogP contribution in [-0.4, -0.2) is 94.1 Å². The van der Waals surface area contributed by atoms with E-state index in [-0.39, 0.29) is 23.6 Å². The Morgan fingerprint density at radius 2 is 2.10 bits per heavy atom. The van der Waals surface area contributed by atoms with Gasteiger partial charge in [-0.3, -0.25) is 9.69 Å². The van der Waals surface area contributed by atoms with Crippen LogP contribution >= 0.6 is 11.8 Å². The molecule has 0 aromatic heterocycles. The molecule has 4 aliphatic rings. The van der Waals surface area contributed by atoms with Crippen molar-refractivity contribution in [1.29, 1.82) is 0 Å². The maximum Gasteiger partial charge on any atom is 0.353 e. The molecule has 7 atom stereocenters. The van der Waals surface area contributed by atoms with Crippen LogP contribution in [0.3, 0.4) is 0 Å². The van der Waals surface area contributed by atoms with Crippen LogP contribution in [-0.2, 0) is 9.59 Å². The molecule has 1 unspecified atom stereocenters. The maximum atomic E-state index is 12.5. The minimum Gasteiger partial charge on any atom is -0.477 e. The summed E-state index contributed by atoms with van der Waals surface area (Å²) in [5, 5.41) is 27.1. The molecule has 0 aromatic rings. The van der Waals surface area contributed by atoms with Gasteiger partial charge in [-0.15, -0.1) is 11.8 Å². The van der Waals surface area contributed by atoms with E-state index in [9.17, 15) is 19.8 Å². The van der Waals surface area contributed by atoms with Crippen molar-refractivity contribution in [2.24, 2.45) is 11.8 Å². The number of carbonyl (C=O) groups excluding carboxylic acids is 1. The third kappa shape index (κ3) is 3.83. The number of rotatable bonds is 6. The predicted molar refractivity (Wildman–Crippen MR) is 111 cm³/mol. The molecule has 1 amide bonds. The largest absolute Gasteiger partial charge is 0.477 e. The fourth-order valence-corrected chi connectivity index (χ4v) is 6.88. The zero-order valence-corrected chi connectivity index (χ0v) is 18.1. The van der Waals surface area contributed by atoms with Crippen LogP contribution < -0.4 is 10.6 Å². The molecule has 0 saturated carbocycles. The van der Waals surface area contributed by atoms with Crippen LogP contribution in [0.1, 0.15) is 27.2 Å². The van der Waals surface area contributed by atoms with Crippen LogP contribution in [0.15, 0.2) is 10.6 Å². The number of carboxylic acids is 1. The van der Waals surface area contributed by atoms with Crippen molar-refractivity contribution in [3.05, 3.63) is 10.6 Å². The number of piperazine rings is 1. The Hall–Kier alpha value is -1.13. The maximum absolute atomic E-state index is 12.5. The lowest BCUT2D eigenvalue weighted by Crippen LogP contribution is -2.63. The van der Waals surface area contributed by atoms with Gasteiger partial charge >= 0.3 is 5.97 Å². The van der Waals surface area contributed by atoms with Gasteiger partial charge in [-0.05, 0) is 20.3 Å². The van der Waals surface area contributed by atoms with E-state index in [0.717, 1.165) is 44.0 Å². The summed E-state index contributed by atoms with van der Waals surface area (Å²) >= 11 is 1.62. The number of thioether (sulfide) groups is 1. The number of nitrogens with zero attached hydrogens (tertiary/aromatic N) is 2. The summed E-state index contributed by atoms with van der Waals surface area (Å²) in [7, 11) is 0. The quantitative estimate of drug-likeness (QED) is 0.438. The van der Waals surface area contributed by atoms with Crippen molar-refractivity contribution >= 4 is 23.6 Å². The Morgan fingerprint density at radius 1 is 1.34 bits per heavy atom. The monoisotopic (exact) mass is 424 g/mol. The second kappa shape index (κ2) is 8.19. The summed E-state index contributed by atoms with van der Waals surface area (Å²) in [6.45, 7) is 10.8. The molecule has 4 aliphatic heterocycles. The molecule has 0 spiro atoms. The van der Waals surface area contributed by atoms with Gasteiger partial charge in [-0.25, -0.2) is 4.79 Å². The SMILES string of the molecule is CC1CN(C[C@@H]2C[C@H](SC3=C(C(=O)O)N4C(=O)[C@H]([C@@H](C)O)[C@H]4[C@H]3C)CN2)CCN1. The molecule has 4 N–H and O–H groups in total. The number of carboxylic acid groups (broad SMARTS) is 1. The number of aliphatic hydroxyl groups is 1.